The maximum atomic E-state index is 12.3. The number of benzene rings is 2. The number of anilines is 1. The van der Waals surface area contributed by atoms with Gasteiger partial charge < -0.3 is 5.32 Å². The largest absolute Gasteiger partial charge is 0.319 e. The van der Waals surface area contributed by atoms with Crippen LogP contribution in [0.2, 0.25) is 10.2 Å². The standard InChI is InChI=1S/C18H12Cl2N2O/c19-14-9-5-4-8-13(14)18(23)22-16-11-10-15(21-17(16)20)12-6-2-1-3-7-12/h1-11H,(H,22,23). The molecule has 23 heavy (non-hydrogen) atoms. The summed E-state index contributed by atoms with van der Waals surface area (Å²) in [4.78, 5) is 16.6. The quantitative estimate of drug-likeness (QED) is 0.655. The Bertz CT molecular complexity index is 851. The van der Waals surface area contributed by atoms with E-state index < -0.39 is 0 Å². The molecular formula is C18H12Cl2N2O. The first kappa shape index (κ1) is 15.5. The van der Waals surface area contributed by atoms with E-state index in [0.717, 1.165) is 11.3 Å². The van der Waals surface area contributed by atoms with Crippen molar-refractivity contribution in [2.75, 3.05) is 5.32 Å². The fraction of sp³-hybridized carbons (Fsp3) is 0. The molecule has 3 aromatic rings. The Labute approximate surface area is 143 Å². The molecule has 114 valence electrons. The van der Waals surface area contributed by atoms with E-state index in [2.05, 4.69) is 10.3 Å². The molecule has 3 nitrogen and oxygen atoms in total. The van der Waals surface area contributed by atoms with Crippen molar-refractivity contribution in [3.05, 3.63) is 82.5 Å². The van der Waals surface area contributed by atoms with Crippen LogP contribution in [0.25, 0.3) is 11.3 Å². The van der Waals surface area contributed by atoms with Gasteiger partial charge in [0, 0.05) is 5.56 Å². The van der Waals surface area contributed by atoms with Gasteiger partial charge in [0.15, 0.2) is 5.15 Å². The minimum Gasteiger partial charge on any atom is -0.319 e. The smallest absolute Gasteiger partial charge is 0.257 e. The van der Waals surface area contributed by atoms with Crippen LogP contribution in [-0.2, 0) is 0 Å². The normalized spacial score (nSPS) is 10.3. The molecule has 0 atom stereocenters. The molecule has 0 saturated heterocycles. The molecule has 1 heterocycles. The predicted molar refractivity (Wildman–Crippen MR) is 94.1 cm³/mol. The number of nitrogens with zero attached hydrogens (tertiary/aromatic N) is 1. The number of aromatic nitrogens is 1. The molecule has 0 aliphatic heterocycles. The molecular weight excluding hydrogens is 331 g/mol. The van der Waals surface area contributed by atoms with Crippen molar-refractivity contribution in [2.24, 2.45) is 0 Å². The van der Waals surface area contributed by atoms with Crippen LogP contribution in [0.15, 0.2) is 66.7 Å². The third-order valence-corrected chi connectivity index (χ3v) is 3.90. The van der Waals surface area contributed by atoms with E-state index >= 15 is 0 Å². The first-order valence-electron chi connectivity index (χ1n) is 6.93. The Balaban J connectivity index is 1.85. The Morgan fingerprint density at radius 2 is 1.57 bits per heavy atom. The van der Waals surface area contributed by atoms with Gasteiger partial charge in [-0.05, 0) is 24.3 Å². The van der Waals surface area contributed by atoms with Gasteiger partial charge in [-0.15, -0.1) is 0 Å². The van der Waals surface area contributed by atoms with E-state index in [0.29, 0.717) is 16.3 Å². The number of amides is 1. The number of hydrogen-bond acceptors (Lipinski definition) is 2. The van der Waals surface area contributed by atoms with Crippen LogP contribution in [0.4, 0.5) is 5.69 Å². The molecule has 0 radical (unpaired) electrons. The van der Waals surface area contributed by atoms with Gasteiger partial charge in [-0.3, -0.25) is 4.79 Å². The van der Waals surface area contributed by atoms with Crippen molar-refractivity contribution >= 4 is 34.8 Å². The minimum absolute atomic E-state index is 0.228. The van der Waals surface area contributed by atoms with E-state index in [4.69, 9.17) is 23.2 Å². The number of carbonyl (C=O) groups excluding carboxylic acids is 1. The second kappa shape index (κ2) is 6.82. The molecule has 1 amide bonds. The lowest BCUT2D eigenvalue weighted by Gasteiger charge is -2.09. The number of rotatable bonds is 3. The van der Waals surface area contributed by atoms with Crippen LogP contribution in [0.5, 0.6) is 0 Å². The maximum Gasteiger partial charge on any atom is 0.257 e. The lowest BCUT2D eigenvalue weighted by Crippen LogP contribution is -2.13. The highest BCUT2D eigenvalue weighted by atomic mass is 35.5. The van der Waals surface area contributed by atoms with Crippen LogP contribution >= 0.6 is 23.2 Å². The van der Waals surface area contributed by atoms with E-state index in [1.165, 1.54) is 0 Å². The molecule has 0 bridgehead atoms. The van der Waals surface area contributed by atoms with Crippen LogP contribution in [0, 0.1) is 0 Å². The molecule has 0 saturated carbocycles. The summed E-state index contributed by atoms with van der Waals surface area (Å²) in [5.74, 6) is -0.327. The van der Waals surface area contributed by atoms with Crippen molar-refractivity contribution < 1.29 is 4.79 Å². The van der Waals surface area contributed by atoms with E-state index in [1.54, 1.807) is 30.3 Å². The Morgan fingerprint density at radius 3 is 2.26 bits per heavy atom. The van der Waals surface area contributed by atoms with Gasteiger partial charge in [0.05, 0.1) is 22.0 Å². The van der Waals surface area contributed by atoms with Gasteiger partial charge in [-0.25, -0.2) is 4.98 Å². The summed E-state index contributed by atoms with van der Waals surface area (Å²) >= 11 is 12.2. The van der Waals surface area contributed by atoms with Crippen molar-refractivity contribution in [1.29, 1.82) is 0 Å². The van der Waals surface area contributed by atoms with E-state index in [-0.39, 0.29) is 11.1 Å². The lowest BCUT2D eigenvalue weighted by molar-refractivity contribution is 0.102. The molecule has 2 aromatic carbocycles. The zero-order chi connectivity index (χ0) is 16.2. The highest BCUT2D eigenvalue weighted by Crippen LogP contribution is 2.26. The van der Waals surface area contributed by atoms with E-state index in [1.807, 2.05) is 36.4 Å². The van der Waals surface area contributed by atoms with Gasteiger partial charge in [0.1, 0.15) is 0 Å². The summed E-state index contributed by atoms with van der Waals surface area (Å²) in [6.07, 6.45) is 0. The molecule has 5 heteroatoms. The van der Waals surface area contributed by atoms with Gasteiger partial charge in [-0.1, -0.05) is 65.7 Å². The third-order valence-electron chi connectivity index (χ3n) is 3.28. The van der Waals surface area contributed by atoms with Crippen LogP contribution in [0.3, 0.4) is 0 Å². The van der Waals surface area contributed by atoms with Crippen molar-refractivity contribution in [1.82, 2.24) is 4.98 Å². The summed E-state index contributed by atoms with van der Waals surface area (Å²) in [7, 11) is 0. The third kappa shape index (κ3) is 3.52. The SMILES string of the molecule is O=C(Nc1ccc(-c2ccccc2)nc1Cl)c1ccccc1Cl. The first-order valence-corrected chi connectivity index (χ1v) is 7.68. The summed E-state index contributed by atoms with van der Waals surface area (Å²) in [5, 5.41) is 3.34. The molecule has 0 spiro atoms. The zero-order valence-corrected chi connectivity index (χ0v) is 13.5. The molecule has 0 fully saturated rings. The second-order valence-electron chi connectivity index (χ2n) is 4.83. The molecule has 0 aliphatic carbocycles. The molecule has 0 unspecified atom stereocenters. The molecule has 1 aromatic heterocycles. The van der Waals surface area contributed by atoms with Crippen molar-refractivity contribution in [2.45, 2.75) is 0 Å². The van der Waals surface area contributed by atoms with Crippen molar-refractivity contribution in [3.8, 4) is 11.3 Å². The van der Waals surface area contributed by atoms with E-state index in [9.17, 15) is 4.79 Å². The highest BCUT2D eigenvalue weighted by Gasteiger charge is 2.12. The number of halogens is 2. The molecule has 3 rings (SSSR count). The number of nitrogens with one attached hydrogen (secondary N) is 1. The Morgan fingerprint density at radius 1 is 0.870 bits per heavy atom. The predicted octanol–water partition coefficient (Wildman–Crippen LogP) is 5.31. The summed E-state index contributed by atoms with van der Waals surface area (Å²) < 4.78 is 0. The monoisotopic (exact) mass is 342 g/mol. The topological polar surface area (TPSA) is 42.0 Å². The van der Waals surface area contributed by atoms with Gasteiger partial charge in [0.2, 0.25) is 0 Å². The Hall–Kier alpha value is -2.36. The van der Waals surface area contributed by atoms with Gasteiger partial charge in [0.25, 0.3) is 5.91 Å². The zero-order valence-electron chi connectivity index (χ0n) is 12.0. The fourth-order valence-electron chi connectivity index (χ4n) is 2.13. The van der Waals surface area contributed by atoms with Gasteiger partial charge >= 0.3 is 0 Å². The second-order valence-corrected chi connectivity index (χ2v) is 5.60. The maximum absolute atomic E-state index is 12.3. The average molecular weight is 343 g/mol. The lowest BCUT2D eigenvalue weighted by atomic mass is 10.1. The van der Waals surface area contributed by atoms with Crippen LogP contribution in [0.1, 0.15) is 10.4 Å². The van der Waals surface area contributed by atoms with Gasteiger partial charge in [-0.2, -0.15) is 0 Å². The number of pyridine rings is 1. The fourth-order valence-corrected chi connectivity index (χ4v) is 2.56. The van der Waals surface area contributed by atoms with Crippen LogP contribution < -0.4 is 5.32 Å². The average Bonchev–Trinajstić information content (AvgIpc) is 2.58. The number of hydrogen-bond donors (Lipinski definition) is 1. The van der Waals surface area contributed by atoms with Crippen LogP contribution in [-0.4, -0.2) is 10.9 Å². The minimum atomic E-state index is -0.327. The number of carbonyl (C=O) groups is 1. The summed E-state index contributed by atoms with van der Waals surface area (Å²) in [6, 6.07) is 20.0. The first-order chi connectivity index (χ1) is 11.1. The highest BCUT2D eigenvalue weighted by molar-refractivity contribution is 6.35. The molecule has 0 aliphatic rings. The van der Waals surface area contributed by atoms with Crippen molar-refractivity contribution in [3.63, 3.8) is 0 Å². The molecule has 1 N–H and O–H groups in total. The Kier molecular flexibility index (Phi) is 4.60. The summed E-state index contributed by atoms with van der Waals surface area (Å²) in [6.45, 7) is 0. The summed E-state index contributed by atoms with van der Waals surface area (Å²) in [5.41, 5.74) is 2.53.